The standard InChI is InChI=1S/C24H42O8S/c1-3-5-7-9-11-13-18-30-21(25)23-17-15-16-20(33(27,28)29)24(23,32-23)22(26)31-19-14-12-10-8-6-4-2/h20H,3-19H2,1-2H3,(H,27,28,29). The van der Waals surface area contributed by atoms with Gasteiger partial charge in [-0.15, -0.1) is 0 Å². The zero-order chi connectivity index (χ0) is 24.4. The number of hydrogen-bond acceptors (Lipinski definition) is 7. The van der Waals surface area contributed by atoms with E-state index in [4.69, 9.17) is 14.2 Å². The molecule has 8 nitrogen and oxygen atoms in total. The van der Waals surface area contributed by atoms with Crippen molar-refractivity contribution < 1.29 is 36.8 Å². The zero-order valence-corrected chi connectivity index (χ0v) is 21.1. The van der Waals surface area contributed by atoms with E-state index in [0.29, 0.717) is 19.3 Å². The number of ether oxygens (including phenoxy) is 3. The Morgan fingerprint density at radius 1 is 0.848 bits per heavy atom. The van der Waals surface area contributed by atoms with Gasteiger partial charge in [-0.25, -0.2) is 9.59 Å². The molecular weight excluding hydrogens is 448 g/mol. The fraction of sp³-hybridized carbons (Fsp3) is 0.917. The maximum atomic E-state index is 13.0. The quantitative estimate of drug-likeness (QED) is 0.134. The molecule has 0 spiro atoms. The van der Waals surface area contributed by atoms with Gasteiger partial charge in [-0.3, -0.25) is 4.55 Å². The number of fused-ring (bicyclic) bond motifs is 1. The number of rotatable bonds is 17. The van der Waals surface area contributed by atoms with Gasteiger partial charge in [0, 0.05) is 0 Å². The summed E-state index contributed by atoms with van der Waals surface area (Å²) in [5, 5.41) is -1.53. The normalized spacial score (nSPS) is 26.5. The van der Waals surface area contributed by atoms with E-state index in [1.165, 1.54) is 6.42 Å². The molecule has 2 rings (SSSR count). The monoisotopic (exact) mass is 490 g/mol. The van der Waals surface area contributed by atoms with Gasteiger partial charge in [-0.05, 0) is 32.1 Å². The fourth-order valence-corrected chi connectivity index (χ4v) is 6.08. The van der Waals surface area contributed by atoms with Gasteiger partial charge in [0.2, 0.25) is 11.2 Å². The first kappa shape index (κ1) is 28.1. The lowest BCUT2D eigenvalue weighted by atomic mass is 9.78. The number of carbonyl (C=O) groups excluding carboxylic acids is 2. The number of epoxide rings is 1. The van der Waals surface area contributed by atoms with E-state index in [1.807, 2.05) is 0 Å². The SMILES string of the molecule is CCCCCCCCOC(=O)C12CCCC(S(=O)(=O)O)C1(C(=O)OCCCCCCCC)O2. The van der Waals surface area contributed by atoms with Crippen LogP contribution >= 0.6 is 0 Å². The molecule has 192 valence electrons. The van der Waals surface area contributed by atoms with Crippen molar-refractivity contribution >= 4 is 22.1 Å². The van der Waals surface area contributed by atoms with E-state index in [0.717, 1.165) is 57.8 Å². The fourth-order valence-electron chi connectivity index (χ4n) is 4.86. The van der Waals surface area contributed by atoms with Gasteiger partial charge in [0.15, 0.2) is 0 Å². The van der Waals surface area contributed by atoms with Crippen LogP contribution in [-0.2, 0) is 33.9 Å². The minimum absolute atomic E-state index is 0.0252. The summed E-state index contributed by atoms with van der Waals surface area (Å²) in [6, 6.07) is 0. The van der Waals surface area contributed by atoms with Gasteiger partial charge in [0.1, 0.15) is 5.25 Å². The third-order valence-electron chi connectivity index (χ3n) is 6.80. The van der Waals surface area contributed by atoms with Crippen LogP contribution in [0.5, 0.6) is 0 Å². The van der Waals surface area contributed by atoms with Crippen LogP contribution in [0.15, 0.2) is 0 Å². The van der Waals surface area contributed by atoms with Crippen LogP contribution < -0.4 is 0 Å². The molecule has 0 bridgehead atoms. The van der Waals surface area contributed by atoms with E-state index < -0.39 is 38.5 Å². The molecule has 0 aromatic carbocycles. The summed E-state index contributed by atoms with van der Waals surface area (Å²) in [5.41, 5.74) is -3.70. The molecule has 2 aliphatic rings. The lowest BCUT2D eigenvalue weighted by Gasteiger charge is -2.28. The number of hydrogen-bond donors (Lipinski definition) is 1. The molecule has 3 unspecified atom stereocenters. The molecule has 1 aliphatic heterocycles. The van der Waals surface area contributed by atoms with Crippen LogP contribution in [0.1, 0.15) is 110 Å². The molecule has 3 atom stereocenters. The van der Waals surface area contributed by atoms with E-state index in [2.05, 4.69) is 13.8 Å². The Hall–Kier alpha value is -1.19. The highest BCUT2D eigenvalue weighted by atomic mass is 32.2. The third-order valence-corrected chi connectivity index (χ3v) is 8.08. The highest BCUT2D eigenvalue weighted by molar-refractivity contribution is 7.86. The first-order valence-electron chi connectivity index (χ1n) is 12.8. The molecule has 0 aromatic heterocycles. The second kappa shape index (κ2) is 13.0. The Morgan fingerprint density at radius 2 is 1.33 bits per heavy atom. The van der Waals surface area contributed by atoms with Gasteiger partial charge in [0.05, 0.1) is 13.2 Å². The van der Waals surface area contributed by atoms with E-state index >= 15 is 0 Å². The van der Waals surface area contributed by atoms with Crippen molar-refractivity contribution in [3.63, 3.8) is 0 Å². The van der Waals surface area contributed by atoms with Crippen molar-refractivity contribution in [1.29, 1.82) is 0 Å². The molecule has 9 heteroatoms. The summed E-state index contributed by atoms with van der Waals surface area (Å²) in [4.78, 5) is 25.9. The van der Waals surface area contributed by atoms with Gasteiger partial charge in [0.25, 0.3) is 10.1 Å². The third kappa shape index (κ3) is 6.92. The largest absolute Gasteiger partial charge is 0.463 e. The summed E-state index contributed by atoms with van der Waals surface area (Å²) < 4.78 is 50.4. The van der Waals surface area contributed by atoms with Crippen molar-refractivity contribution in [1.82, 2.24) is 0 Å². The van der Waals surface area contributed by atoms with E-state index in [1.54, 1.807) is 0 Å². The molecule has 1 saturated carbocycles. The molecule has 1 N–H and O–H groups in total. The first-order chi connectivity index (χ1) is 15.8. The summed E-state index contributed by atoms with van der Waals surface area (Å²) in [5.74, 6) is -1.63. The molecule has 33 heavy (non-hydrogen) atoms. The van der Waals surface area contributed by atoms with Gasteiger partial charge < -0.3 is 14.2 Å². The van der Waals surface area contributed by atoms with E-state index in [-0.39, 0.29) is 26.1 Å². The van der Waals surface area contributed by atoms with Crippen LogP contribution in [0.25, 0.3) is 0 Å². The van der Waals surface area contributed by atoms with E-state index in [9.17, 15) is 22.6 Å². The predicted octanol–water partition coefficient (Wildman–Crippen LogP) is 4.74. The second-order valence-corrected chi connectivity index (χ2v) is 11.0. The lowest BCUT2D eigenvalue weighted by Crippen LogP contribution is -2.54. The molecule has 0 amide bonds. The highest BCUT2D eigenvalue weighted by Gasteiger charge is 2.86. The average Bonchev–Trinajstić information content (AvgIpc) is 3.49. The Bertz CT molecular complexity index is 737. The van der Waals surface area contributed by atoms with Crippen LogP contribution in [0.2, 0.25) is 0 Å². The number of carbonyl (C=O) groups is 2. The smallest absolute Gasteiger partial charge is 0.343 e. The lowest BCUT2D eigenvalue weighted by molar-refractivity contribution is -0.154. The Kier molecular flexibility index (Phi) is 11.1. The molecule has 1 saturated heterocycles. The maximum Gasteiger partial charge on any atom is 0.343 e. The van der Waals surface area contributed by atoms with Crippen LogP contribution in [0.3, 0.4) is 0 Å². The van der Waals surface area contributed by atoms with Crippen molar-refractivity contribution in [2.24, 2.45) is 0 Å². The topological polar surface area (TPSA) is 120 Å². The van der Waals surface area contributed by atoms with Crippen molar-refractivity contribution in [3.8, 4) is 0 Å². The molecule has 0 radical (unpaired) electrons. The number of unbranched alkanes of at least 4 members (excludes halogenated alkanes) is 10. The second-order valence-electron chi connectivity index (χ2n) is 9.37. The molecule has 0 aromatic rings. The molecule has 1 heterocycles. The minimum atomic E-state index is -4.63. The Balaban J connectivity index is 1.96. The zero-order valence-electron chi connectivity index (χ0n) is 20.3. The first-order valence-corrected chi connectivity index (χ1v) is 14.3. The van der Waals surface area contributed by atoms with Crippen LogP contribution in [0.4, 0.5) is 0 Å². The van der Waals surface area contributed by atoms with Crippen LogP contribution in [0, 0.1) is 0 Å². The van der Waals surface area contributed by atoms with Crippen molar-refractivity contribution in [3.05, 3.63) is 0 Å². The van der Waals surface area contributed by atoms with Crippen molar-refractivity contribution in [2.45, 2.75) is 127 Å². The van der Waals surface area contributed by atoms with Crippen molar-refractivity contribution in [2.75, 3.05) is 13.2 Å². The number of esters is 2. The summed E-state index contributed by atoms with van der Waals surface area (Å²) >= 11 is 0. The van der Waals surface area contributed by atoms with Gasteiger partial charge in [-0.2, -0.15) is 8.42 Å². The van der Waals surface area contributed by atoms with Crippen LogP contribution in [-0.4, -0.2) is 54.6 Å². The average molecular weight is 491 g/mol. The summed E-state index contributed by atoms with van der Waals surface area (Å²) in [6.07, 6.45) is 12.7. The summed E-state index contributed by atoms with van der Waals surface area (Å²) in [7, 11) is -4.63. The minimum Gasteiger partial charge on any atom is -0.463 e. The molecular formula is C24H42O8S. The van der Waals surface area contributed by atoms with Gasteiger partial charge >= 0.3 is 11.9 Å². The maximum absolute atomic E-state index is 13.0. The highest BCUT2D eigenvalue weighted by Crippen LogP contribution is 2.60. The van der Waals surface area contributed by atoms with Gasteiger partial charge in [-0.1, -0.05) is 78.1 Å². The molecule has 2 fully saturated rings. The molecule has 1 aliphatic carbocycles. The predicted molar refractivity (Wildman–Crippen MR) is 124 cm³/mol. The Labute approximate surface area is 198 Å². The Morgan fingerprint density at radius 3 is 1.85 bits per heavy atom. The summed E-state index contributed by atoms with van der Waals surface area (Å²) in [6.45, 7) is 4.59.